The Hall–Kier alpha value is -0.120. The monoisotopic (exact) mass is 253 g/mol. The van der Waals surface area contributed by atoms with Gasteiger partial charge in [0.25, 0.3) is 0 Å². The minimum absolute atomic E-state index is 0.112. The number of hydrogen-bond acceptors (Lipinski definition) is 3. The van der Waals surface area contributed by atoms with Crippen molar-refractivity contribution in [1.29, 1.82) is 0 Å². The van der Waals surface area contributed by atoms with Crippen LogP contribution in [0.2, 0.25) is 0 Å². The second kappa shape index (κ2) is 5.48. The molecule has 0 aromatic carbocycles. The highest BCUT2D eigenvalue weighted by Gasteiger charge is 2.49. The van der Waals surface area contributed by atoms with Crippen LogP contribution in [-0.4, -0.2) is 37.5 Å². The van der Waals surface area contributed by atoms with Crippen LogP contribution in [0.3, 0.4) is 0 Å². The number of rotatable bonds is 4. The van der Waals surface area contributed by atoms with E-state index >= 15 is 0 Å². The van der Waals surface area contributed by atoms with Crippen LogP contribution in [0.15, 0.2) is 0 Å². The van der Waals surface area contributed by atoms with Crippen LogP contribution in [0.5, 0.6) is 0 Å². The maximum absolute atomic E-state index is 6.41. The van der Waals surface area contributed by atoms with Crippen LogP contribution in [0.25, 0.3) is 0 Å². The van der Waals surface area contributed by atoms with Gasteiger partial charge in [-0.3, -0.25) is 0 Å². The van der Waals surface area contributed by atoms with Gasteiger partial charge in [0.1, 0.15) is 0 Å². The van der Waals surface area contributed by atoms with Gasteiger partial charge in [0.2, 0.25) is 0 Å². The molecule has 1 aliphatic heterocycles. The molecule has 2 aliphatic carbocycles. The Morgan fingerprint density at radius 2 is 2.06 bits per heavy atom. The first kappa shape index (κ1) is 12.9. The first-order chi connectivity index (χ1) is 8.80. The second-order valence-electron chi connectivity index (χ2n) is 6.43. The van der Waals surface area contributed by atoms with E-state index in [0.717, 1.165) is 38.5 Å². The normalized spacial score (nSPS) is 41.2. The molecule has 3 fully saturated rings. The van der Waals surface area contributed by atoms with Crippen LogP contribution in [-0.2, 0) is 9.47 Å². The Labute approximate surface area is 111 Å². The molecule has 1 N–H and O–H groups in total. The fraction of sp³-hybridized carbons (Fsp3) is 1.00. The van der Waals surface area contributed by atoms with Gasteiger partial charge >= 0.3 is 0 Å². The predicted molar refractivity (Wildman–Crippen MR) is 71.7 cm³/mol. The zero-order valence-electron chi connectivity index (χ0n) is 11.6. The molecule has 0 radical (unpaired) electrons. The van der Waals surface area contributed by atoms with Crippen molar-refractivity contribution in [1.82, 2.24) is 5.32 Å². The summed E-state index contributed by atoms with van der Waals surface area (Å²) in [5, 5.41) is 3.58. The van der Waals surface area contributed by atoms with Gasteiger partial charge in [-0.05, 0) is 19.3 Å². The van der Waals surface area contributed by atoms with Crippen molar-refractivity contribution in [3.8, 4) is 0 Å². The molecule has 0 aromatic heterocycles. The quantitative estimate of drug-likeness (QED) is 0.835. The Morgan fingerprint density at radius 3 is 2.78 bits per heavy atom. The van der Waals surface area contributed by atoms with Crippen molar-refractivity contribution in [2.75, 3.05) is 19.7 Å². The Morgan fingerprint density at radius 1 is 1.28 bits per heavy atom. The van der Waals surface area contributed by atoms with Crippen LogP contribution >= 0.6 is 0 Å². The molecule has 1 saturated heterocycles. The number of hydrogen-bond donors (Lipinski definition) is 1. The minimum atomic E-state index is 0.112. The number of ether oxygens (including phenoxy) is 2. The smallest absolute Gasteiger partial charge is 0.0860 e. The van der Waals surface area contributed by atoms with Gasteiger partial charge in [0, 0.05) is 32.5 Å². The molecule has 0 bridgehead atoms. The van der Waals surface area contributed by atoms with Gasteiger partial charge in [0.05, 0.1) is 17.8 Å². The highest BCUT2D eigenvalue weighted by Crippen LogP contribution is 2.41. The van der Waals surface area contributed by atoms with Crippen LogP contribution in [0, 0.1) is 5.92 Å². The van der Waals surface area contributed by atoms with Gasteiger partial charge < -0.3 is 14.8 Å². The van der Waals surface area contributed by atoms with Crippen molar-refractivity contribution in [3.63, 3.8) is 0 Å². The van der Waals surface area contributed by atoms with E-state index in [1.165, 1.54) is 32.1 Å². The Kier molecular flexibility index (Phi) is 3.92. The molecule has 18 heavy (non-hydrogen) atoms. The molecular formula is C15H27NO2. The molecule has 1 atom stereocenters. The average molecular weight is 253 g/mol. The van der Waals surface area contributed by atoms with E-state index in [1.54, 1.807) is 0 Å². The maximum atomic E-state index is 6.41. The fourth-order valence-electron chi connectivity index (χ4n) is 4.01. The molecule has 0 amide bonds. The third kappa shape index (κ3) is 2.73. The van der Waals surface area contributed by atoms with E-state index in [-0.39, 0.29) is 5.60 Å². The molecule has 3 aliphatic rings. The molecule has 3 heteroatoms. The molecule has 0 aromatic rings. The summed E-state index contributed by atoms with van der Waals surface area (Å²) in [6.45, 7) is 4.99. The van der Waals surface area contributed by atoms with Gasteiger partial charge in [0.15, 0.2) is 0 Å². The van der Waals surface area contributed by atoms with Gasteiger partial charge in [-0.2, -0.15) is 0 Å². The second-order valence-corrected chi connectivity index (χ2v) is 6.43. The summed E-state index contributed by atoms with van der Waals surface area (Å²) in [6.07, 6.45) is 10.1. The largest absolute Gasteiger partial charge is 0.378 e. The Bertz CT molecular complexity index is 270. The van der Waals surface area contributed by atoms with E-state index in [9.17, 15) is 0 Å². The van der Waals surface area contributed by atoms with Gasteiger partial charge in [-0.15, -0.1) is 0 Å². The number of nitrogens with one attached hydrogen (secondary N) is 1. The van der Waals surface area contributed by atoms with Gasteiger partial charge in [-0.1, -0.05) is 25.7 Å². The van der Waals surface area contributed by atoms with E-state index in [0.29, 0.717) is 12.2 Å². The first-order valence-electron chi connectivity index (χ1n) is 7.80. The fourth-order valence-corrected chi connectivity index (χ4v) is 4.01. The van der Waals surface area contributed by atoms with Crippen molar-refractivity contribution in [3.05, 3.63) is 0 Å². The van der Waals surface area contributed by atoms with E-state index in [1.807, 2.05) is 0 Å². The summed E-state index contributed by atoms with van der Waals surface area (Å²) in [4.78, 5) is 0. The summed E-state index contributed by atoms with van der Waals surface area (Å²) in [5.41, 5.74) is 0.112. The molecule has 2 saturated carbocycles. The predicted octanol–water partition coefficient (Wildman–Crippen LogP) is 2.49. The highest BCUT2D eigenvalue weighted by atomic mass is 16.5. The molecular weight excluding hydrogens is 226 g/mol. The summed E-state index contributed by atoms with van der Waals surface area (Å²) < 4.78 is 12.1. The highest BCUT2D eigenvalue weighted by molar-refractivity contribution is 5.01. The summed E-state index contributed by atoms with van der Waals surface area (Å²) in [5.74, 6) is 0.926. The molecule has 3 nitrogen and oxygen atoms in total. The van der Waals surface area contributed by atoms with Crippen LogP contribution in [0.1, 0.15) is 51.9 Å². The standard InChI is InChI=1S/C15H27NO2/c1-2-17-14-8-15(9-14)11-16-10-13(18-15)7-12-5-3-4-6-12/h12-14,16H,2-11H2,1H3. The summed E-state index contributed by atoms with van der Waals surface area (Å²) >= 11 is 0. The molecule has 1 heterocycles. The maximum Gasteiger partial charge on any atom is 0.0860 e. The van der Waals surface area contributed by atoms with E-state index < -0.39 is 0 Å². The first-order valence-corrected chi connectivity index (χ1v) is 7.80. The van der Waals surface area contributed by atoms with E-state index in [2.05, 4.69) is 12.2 Å². The van der Waals surface area contributed by atoms with Crippen molar-refractivity contribution in [2.24, 2.45) is 5.92 Å². The molecule has 1 unspecified atom stereocenters. The van der Waals surface area contributed by atoms with E-state index in [4.69, 9.17) is 9.47 Å². The number of morpholine rings is 1. The van der Waals surface area contributed by atoms with Crippen LogP contribution in [0.4, 0.5) is 0 Å². The van der Waals surface area contributed by atoms with Crippen molar-refractivity contribution >= 4 is 0 Å². The Balaban J connectivity index is 1.47. The minimum Gasteiger partial charge on any atom is -0.378 e. The van der Waals surface area contributed by atoms with Crippen molar-refractivity contribution < 1.29 is 9.47 Å². The topological polar surface area (TPSA) is 30.5 Å². The molecule has 3 rings (SSSR count). The lowest BCUT2D eigenvalue weighted by molar-refractivity contribution is -0.209. The third-order valence-electron chi connectivity index (χ3n) is 4.91. The van der Waals surface area contributed by atoms with Crippen LogP contribution < -0.4 is 5.32 Å². The molecule has 1 spiro atoms. The zero-order valence-corrected chi connectivity index (χ0v) is 11.6. The summed E-state index contributed by atoms with van der Waals surface area (Å²) in [7, 11) is 0. The van der Waals surface area contributed by atoms with Gasteiger partial charge in [-0.25, -0.2) is 0 Å². The lowest BCUT2D eigenvalue weighted by atomic mass is 9.76. The summed E-state index contributed by atoms with van der Waals surface area (Å²) in [6, 6.07) is 0. The van der Waals surface area contributed by atoms with Crippen molar-refractivity contribution in [2.45, 2.75) is 69.7 Å². The molecule has 104 valence electrons. The SMILES string of the molecule is CCOC1CC2(CNCC(CC3CCCC3)O2)C1. The third-order valence-corrected chi connectivity index (χ3v) is 4.91. The lowest BCUT2D eigenvalue weighted by Gasteiger charge is -2.51. The lowest BCUT2D eigenvalue weighted by Crippen LogP contribution is -2.62. The zero-order chi connectivity index (χ0) is 12.4. The average Bonchev–Trinajstić information content (AvgIpc) is 2.81.